The van der Waals surface area contributed by atoms with Gasteiger partial charge in [0.15, 0.2) is 11.6 Å². The lowest BCUT2D eigenvalue weighted by atomic mass is 9.82. The smallest absolute Gasteiger partial charge is 0.330 e. The second-order valence-corrected chi connectivity index (χ2v) is 5.72. The van der Waals surface area contributed by atoms with Crippen molar-refractivity contribution in [2.45, 2.75) is 13.3 Å². The van der Waals surface area contributed by atoms with Crippen molar-refractivity contribution in [2.75, 3.05) is 6.61 Å². The summed E-state index contributed by atoms with van der Waals surface area (Å²) >= 11 is 0. The van der Waals surface area contributed by atoms with E-state index in [9.17, 15) is 24.6 Å². The number of phenols is 2. The van der Waals surface area contributed by atoms with Crippen LogP contribution in [0.15, 0.2) is 42.5 Å². The van der Waals surface area contributed by atoms with Gasteiger partial charge in [-0.3, -0.25) is 9.59 Å². The van der Waals surface area contributed by atoms with Crippen LogP contribution in [0.1, 0.15) is 44.3 Å². The number of hydrogen-bond donors (Lipinski definition) is 2. The molecule has 132 valence electrons. The standard InChI is InChI=1S/C20H16O6/c1-2-26-15(22)9-5-6-11-10-14(21)16-17(18(11)23)20(25)13-8-4-3-7-12(13)19(16)24/h3-5,7-10,21,23H,2,6H2,1H3/b9-5+. The summed E-state index contributed by atoms with van der Waals surface area (Å²) < 4.78 is 4.76. The highest BCUT2D eigenvalue weighted by Gasteiger charge is 2.35. The molecule has 6 heteroatoms. The summed E-state index contributed by atoms with van der Waals surface area (Å²) in [4.78, 5) is 36.7. The minimum Gasteiger partial charge on any atom is -0.507 e. The molecule has 0 saturated carbocycles. The number of ether oxygens (including phenoxy) is 1. The molecule has 2 aromatic rings. The molecule has 3 rings (SSSR count). The fraction of sp³-hybridized carbons (Fsp3) is 0.150. The highest BCUT2D eigenvalue weighted by atomic mass is 16.5. The predicted octanol–water partition coefficient (Wildman–Crippen LogP) is 2.54. The normalized spacial score (nSPS) is 12.8. The van der Waals surface area contributed by atoms with Crippen molar-refractivity contribution in [3.05, 3.63) is 70.3 Å². The number of esters is 1. The van der Waals surface area contributed by atoms with Crippen LogP contribution >= 0.6 is 0 Å². The molecular weight excluding hydrogens is 336 g/mol. The van der Waals surface area contributed by atoms with Gasteiger partial charge in [0.25, 0.3) is 0 Å². The molecule has 0 fully saturated rings. The van der Waals surface area contributed by atoms with Crippen LogP contribution < -0.4 is 0 Å². The van der Waals surface area contributed by atoms with Crippen LogP contribution in [0.25, 0.3) is 0 Å². The Morgan fingerprint density at radius 2 is 1.69 bits per heavy atom. The summed E-state index contributed by atoms with van der Waals surface area (Å²) in [5, 5.41) is 20.8. The van der Waals surface area contributed by atoms with Crippen LogP contribution in [0.4, 0.5) is 0 Å². The molecule has 2 aromatic carbocycles. The van der Waals surface area contributed by atoms with Crippen molar-refractivity contribution in [1.82, 2.24) is 0 Å². The summed E-state index contributed by atoms with van der Waals surface area (Å²) in [6.07, 6.45) is 2.72. The second kappa shape index (κ2) is 6.84. The van der Waals surface area contributed by atoms with Crippen molar-refractivity contribution in [1.29, 1.82) is 0 Å². The molecule has 0 unspecified atom stereocenters. The number of ketones is 2. The van der Waals surface area contributed by atoms with Crippen LogP contribution in [-0.4, -0.2) is 34.4 Å². The highest BCUT2D eigenvalue weighted by molar-refractivity contribution is 6.30. The molecule has 0 heterocycles. The number of hydrogen-bond acceptors (Lipinski definition) is 6. The molecule has 0 aromatic heterocycles. The fourth-order valence-electron chi connectivity index (χ4n) is 2.94. The third-order valence-corrected chi connectivity index (χ3v) is 4.11. The largest absolute Gasteiger partial charge is 0.507 e. The monoisotopic (exact) mass is 352 g/mol. The second-order valence-electron chi connectivity index (χ2n) is 5.72. The minimum atomic E-state index is -0.533. The van der Waals surface area contributed by atoms with Crippen LogP contribution in [0.3, 0.4) is 0 Å². The Balaban J connectivity index is 2.03. The van der Waals surface area contributed by atoms with E-state index in [4.69, 9.17) is 4.74 Å². The van der Waals surface area contributed by atoms with Crippen molar-refractivity contribution in [2.24, 2.45) is 0 Å². The zero-order valence-electron chi connectivity index (χ0n) is 14.0. The Kier molecular flexibility index (Phi) is 4.58. The van der Waals surface area contributed by atoms with Crippen molar-refractivity contribution in [3.8, 4) is 11.5 Å². The molecule has 0 radical (unpaired) electrons. The van der Waals surface area contributed by atoms with Crippen LogP contribution in [0, 0.1) is 0 Å². The Morgan fingerprint density at radius 1 is 1.08 bits per heavy atom. The predicted molar refractivity (Wildman–Crippen MR) is 92.6 cm³/mol. The number of allylic oxidation sites excluding steroid dienone is 1. The number of rotatable bonds is 4. The molecule has 26 heavy (non-hydrogen) atoms. The Bertz CT molecular complexity index is 955. The van der Waals surface area contributed by atoms with E-state index in [1.807, 2.05) is 0 Å². The summed E-state index contributed by atoms with van der Waals surface area (Å²) in [5.41, 5.74) is 0.174. The molecule has 0 bridgehead atoms. The van der Waals surface area contributed by atoms with E-state index >= 15 is 0 Å². The van der Waals surface area contributed by atoms with E-state index < -0.39 is 17.5 Å². The average Bonchev–Trinajstić information content (AvgIpc) is 2.62. The average molecular weight is 352 g/mol. The lowest BCUT2D eigenvalue weighted by molar-refractivity contribution is -0.137. The first-order valence-corrected chi connectivity index (χ1v) is 8.05. The van der Waals surface area contributed by atoms with Crippen molar-refractivity contribution < 1.29 is 29.3 Å². The molecule has 0 saturated heterocycles. The quantitative estimate of drug-likeness (QED) is 0.425. The maximum absolute atomic E-state index is 12.7. The first kappa shape index (κ1) is 17.4. The third-order valence-electron chi connectivity index (χ3n) is 4.11. The van der Waals surface area contributed by atoms with Crippen LogP contribution in [0.5, 0.6) is 11.5 Å². The number of carbonyl (C=O) groups excluding carboxylic acids is 3. The van der Waals surface area contributed by atoms with E-state index in [-0.39, 0.29) is 52.3 Å². The van der Waals surface area contributed by atoms with Crippen molar-refractivity contribution in [3.63, 3.8) is 0 Å². The van der Waals surface area contributed by atoms with Gasteiger partial charge in [0.2, 0.25) is 0 Å². The van der Waals surface area contributed by atoms with E-state index in [1.54, 1.807) is 19.1 Å². The van der Waals surface area contributed by atoms with Gasteiger partial charge in [-0.1, -0.05) is 30.3 Å². The maximum atomic E-state index is 12.7. The summed E-state index contributed by atoms with van der Waals surface area (Å²) in [7, 11) is 0. The number of benzene rings is 2. The van der Waals surface area contributed by atoms with Crippen LogP contribution in [0.2, 0.25) is 0 Å². The molecule has 1 aliphatic rings. The van der Waals surface area contributed by atoms with E-state index in [2.05, 4.69) is 0 Å². The first-order chi connectivity index (χ1) is 12.5. The molecule has 0 amide bonds. The number of phenolic OH excluding ortho intramolecular Hbond substituents is 2. The van der Waals surface area contributed by atoms with Gasteiger partial charge in [-0.2, -0.15) is 0 Å². The zero-order valence-corrected chi connectivity index (χ0v) is 14.0. The molecule has 1 aliphatic carbocycles. The minimum absolute atomic E-state index is 0.0780. The highest BCUT2D eigenvalue weighted by Crippen LogP contribution is 2.40. The molecule has 0 aliphatic heterocycles. The molecule has 0 spiro atoms. The summed E-state index contributed by atoms with van der Waals surface area (Å²) in [5.74, 6) is -2.34. The Hall–Kier alpha value is -3.41. The first-order valence-electron chi connectivity index (χ1n) is 8.05. The number of aromatic hydroxyl groups is 2. The lowest BCUT2D eigenvalue weighted by Gasteiger charge is -2.20. The molecule has 0 atom stereocenters. The van der Waals surface area contributed by atoms with Gasteiger partial charge < -0.3 is 14.9 Å². The number of carbonyl (C=O) groups is 3. The zero-order chi connectivity index (χ0) is 18.8. The van der Waals surface area contributed by atoms with E-state index in [1.165, 1.54) is 30.4 Å². The van der Waals surface area contributed by atoms with Gasteiger partial charge in [-0.25, -0.2) is 4.79 Å². The molecule has 6 nitrogen and oxygen atoms in total. The van der Waals surface area contributed by atoms with Gasteiger partial charge in [-0.15, -0.1) is 0 Å². The SMILES string of the molecule is CCOC(=O)/C=C/Cc1cc(O)c2c(c1O)C(=O)c1ccccc1C2=O. The summed E-state index contributed by atoms with van der Waals surface area (Å²) in [6.45, 7) is 1.92. The topological polar surface area (TPSA) is 101 Å². The number of fused-ring (bicyclic) bond motifs is 2. The summed E-state index contributed by atoms with van der Waals surface area (Å²) in [6, 6.07) is 7.48. The fourth-order valence-corrected chi connectivity index (χ4v) is 2.94. The molecular formula is C20H16O6. The van der Waals surface area contributed by atoms with Gasteiger partial charge in [0.1, 0.15) is 11.5 Å². The Labute approximate surface area is 149 Å². The van der Waals surface area contributed by atoms with Crippen molar-refractivity contribution >= 4 is 17.5 Å². The van der Waals surface area contributed by atoms with Gasteiger partial charge >= 0.3 is 5.97 Å². The lowest BCUT2D eigenvalue weighted by Crippen LogP contribution is -2.21. The van der Waals surface area contributed by atoms with Crippen LogP contribution in [-0.2, 0) is 16.0 Å². The molecule has 2 N–H and O–H groups in total. The maximum Gasteiger partial charge on any atom is 0.330 e. The Morgan fingerprint density at radius 3 is 2.31 bits per heavy atom. The van der Waals surface area contributed by atoms with Gasteiger partial charge in [0.05, 0.1) is 17.7 Å². The van der Waals surface area contributed by atoms with Gasteiger partial charge in [0, 0.05) is 22.8 Å². The van der Waals surface area contributed by atoms with E-state index in [0.717, 1.165) is 0 Å². The van der Waals surface area contributed by atoms with Gasteiger partial charge in [-0.05, 0) is 19.4 Å². The third kappa shape index (κ3) is 2.86. The van der Waals surface area contributed by atoms with E-state index in [0.29, 0.717) is 0 Å².